The van der Waals surface area contributed by atoms with E-state index in [1.165, 1.54) is 30.9 Å². The third kappa shape index (κ3) is 5.14. The second kappa shape index (κ2) is 9.30. The maximum Gasteiger partial charge on any atom is 0.416 e. The third-order valence-electron chi connectivity index (χ3n) is 5.66. The van der Waals surface area contributed by atoms with Crippen LogP contribution in [0.15, 0.2) is 35.9 Å². The zero-order valence-electron chi connectivity index (χ0n) is 18.6. The second-order valence-electron chi connectivity index (χ2n) is 7.96. The number of alkyl halides is 3. The summed E-state index contributed by atoms with van der Waals surface area (Å²) in [7, 11) is -2.93. The molecule has 1 aliphatic carbocycles. The van der Waals surface area contributed by atoms with Crippen molar-refractivity contribution in [1.29, 1.82) is 0 Å². The van der Waals surface area contributed by atoms with Gasteiger partial charge in [0.25, 0.3) is 0 Å². The summed E-state index contributed by atoms with van der Waals surface area (Å²) < 4.78 is 74.6. The zero-order chi connectivity index (χ0) is 24.6. The van der Waals surface area contributed by atoms with Crippen molar-refractivity contribution in [3.63, 3.8) is 0 Å². The molecule has 1 aliphatic rings. The molecule has 0 spiro atoms. The zero-order valence-corrected chi connectivity index (χ0v) is 19.5. The molecule has 7 nitrogen and oxygen atoms in total. The Labute approximate surface area is 190 Å². The van der Waals surface area contributed by atoms with Crippen LogP contribution in [0.4, 0.5) is 13.2 Å². The second-order valence-corrected chi connectivity index (χ2v) is 9.96. The number of fused-ring (bicyclic) bond motifs is 1. The summed E-state index contributed by atoms with van der Waals surface area (Å²) in [6.45, 7) is 7.00. The molecule has 180 valence electrons. The van der Waals surface area contributed by atoms with E-state index in [0.29, 0.717) is 42.2 Å². The van der Waals surface area contributed by atoms with Gasteiger partial charge < -0.3 is 4.74 Å². The fourth-order valence-corrected chi connectivity index (χ4v) is 5.37. The summed E-state index contributed by atoms with van der Waals surface area (Å²) in [5.41, 5.74) is 0.710. The number of benzene rings is 1. The largest absolute Gasteiger partial charge is 0.465 e. The fourth-order valence-electron chi connectivity index (χ4n) is 3.93. The average molecular weight is 486 g/mol. The number of sulfonamides is 1. The van der Waals surface area contributed by atoms with Crippen LogP contribution in [-0.4, -0.2) is 42.1 Å². The van der Waals surface area contributed by atoms with E-state index in [2.05, 4.69) is 11.7 Å². The van der Waals surface area contributed by atoms with Crippen LogP contribution in [0, 0.1) is 0 Å². The van der Waals surface area contributed by atoms with Crippen molar-refractivity contribution in [2.75, 3.05) is 13.7 Å². The van der Waals surface area contributed by atoms with Crippen LogP contribution in [0.1, 0.15) is 55.1 Å². The standard InChI is InChI=1S/C22H26F3N3O4S/c1-5-32-21(29)13-28-20-8-6-7-19(18(20)12-26-28)27(4)33(30,31)17-10-15(14(2)3)9-16(11-17)22(23,24)25/h9-12,19H,2,5-8,13H2,1,3-4H3. The van der Waals surface area contributed by atoms with Crippen molar-refractivity contribution in [3.05, 3.63) is 53.4 Å². The van der Waals surface area contributed by atoms with E-state index in [1.54, 1.807) is 6.92 Å². The third-order valence-corrected chi connectivity index (χ3v) is 7.50. The van der Waals surface area contributed by atoms with Crippen molar-refractivity contribution < 1.29 is 31.1 Å². The predicted octanol–water partition coefficient (Wildman–Crippen LogP) is 4.20. The van der Waals surface area contributed by atoms with Crippen LogP contribution in [0.25, 0.3) is 5.57 Å². The van der Waals surface area contributed by atoms with Crippen LogP contribution in [0.3, 0.4) is 0 Å². The maximum absolute atomic E-state index is 13.4. The molecule has 1 heterocycles. The lowest BCUT2D eigenvalue weighted by atomic mass is 9.93. The lowest BCUT2D eigenvalue weighted by Crippen LogP contribution is -2.33. The van der Waals surface area contributed by atoms with E-state index >= 15 is 0 Å². The highest BCUT2D eigenvalue weighted by atomic mass is 32.2. The van der Waals surface area contributed by atoms with Crippen LogP contribution in [-0.2, 0) is 38.7 Å². The molecule has 0 radical (unpaired) electrons. The summed E-state index contributed by atoms with van der Waals surface area (Å²) in [6.07, 6.45) is -1.50. The Morgan fingerprint density at radius 1 is 1.33 bits per heavy atom. The van der Waals surface area contributed by atoms with Gasteiger partial charge in [-0.05, 0) is 56.9 Å². The number of aromatic nitrogens is 2. The van der Waals surface area contributed by atoms with Gasteiger partial charge in [0.15, 0.2) is 0 Å². The number of carbonyl (C=O) groups is 1. The van der Waals surface area contributed by atoms with E-state index in [9.17, 15) is 26.4 Å². The van der Waals surface area contributed by atoms with Crippen molar-refractivity contribution in [1.82, 2.24) is 14.1 Å². The minimum absolute atomic E-state index is 0.0953. The summed E-state index contributed by atoms with van der Waals surface area (Å²) in [5, 5.41) is 4.23. The number of carbonyl (C=O) groups excluding carboxylic acids is 1. The van der Waals surface area contributed by atoms with Gasteiger partial charge in [-0.15, -0.1) is 0 Å². The summed E-state index contributed by atoms with van der Waals surface area (Å²) >= 11 is 0. The first kappa shape index (κ1) is 25.0. The minimum atomic E-state index is -4.71. The van der Waals surface area contributed by atoms with Gasteiger partial charge in [0.05, 0.1) is 29.3 Å². The van der Waals surface area contributed by atoms with Crippen molar-refractivity contribution in [3.8, 4) is 0 Å². The van der Waals surface area contributed by atoms with Crippen molar-refractivity contribution >= 4 is 21.6 Å². The number of rotatable bonds is 7. The molecule has 3 rings (SSSR count). The summed E-state index contributed by atoms with van der Waals surface area (Å²) in [6, 6.07) is 2.11. The first-order valence-electron chi connectivity index (χ1n) is 10.4. The van der Waals surface area contributed by atoms with E-state index in [4.69, 9.17) is 4.74 Å². The minimum Gasteiger partial charge on any atom is -0.465 e. The number of ether oxygens (including phenoxy) is 1. The van der Waals surface area contributed by atoms with E-state index in [-0.39, 0.29) is 18.7 Å². The van der Waals surface area contributed by atoms with Crippen LogP contribution in [0.5, 0.6) is 0 Å². The number of halogens is 3. The van der Waals surface area contributed by atoms with Gasteiger partial charge in [-0.3, -0.25) is 9.48 Å². The highest BCUT2D eigenvalue weighted by molar-refractivity contribution is 7.89. The molecule has 2 aromatic rings. The molecule has 1 aromatic carbocycles. The molecule has 33 heavy (non-hydrogen) atoms. The molecule has 0 saturated carbocycles. The predicted molar refractivity (Wildman–Crippen MR) is 116 cm³/mol. The first-order chi connectivity index (χ1) is 15.4. The monoisotopic (exact) mass is 485 g/mol. The molecule has 0 fully saturated rings. The van der Waals surface area contributed by atoms with E-state index in [0.717, 1.165) is 10.4 Å². The molecule has 1 aromatic heterocycles. The van der Waals surface area contributed by atoms with Gasteiger partial charge in [0.2, 0.25) is 10.0 Å². The SMILES string of the molecule is C=C(C)c1cc(C(F)(F)F)cc(S(=O)(=O)N(C)C2CCCc3c2cnn3CC(=O)OCC)c1. The molecule has 1 unspecified atom stereocenters. The van der Waals surface area contributed by atoms with Crippen LogP contribution < -0.4 is 0 Å². The average Bonchev–Trinajstić information content (AvgIpc) is 3.15. The van der Waals surface area contributed by atoms with Gasteiger partial charge in [-0.1, -0.05) is 12.2 Å². The Morgan fingerprint density at radius 3 is 2.64 bits per heavy atom. The Morgan fingerprint density at radius 2 is 2.03 bits per heavy atom. The van der Waals surface area contributed by atoms with Gasteiger partial charge in [-0.2, -0.15) is 22.6 Å². The molecule has 0 amide bonds. The Hall–Kier alpha value is -2.66. The van der Waals surface area contributed by atoms with Gasteiger partial charge in [0, 0.05) is 18.3 Å². The lowest BCUT2D eigenvalue weighted by Gasteiger charge is -2.31. The Bertz CT molecular complexity index is 1170. The number of hydrogen-bond donors (Lipinski definition) is 0. The molecule has 1 atom stereocenters. The summed E-state index contributed by atoms with van der Waals surface area (Å²) in [5.74, 6) is -0.456. The highest BCUT2D eigenvalue weighted by Crippen LogP contribution is 2.38. The molecule has 11 heteroatoms. The van der Waals surface area contributed by atoms with Crippen molar-refractivity contribution in [2.24, 2.45) is 0 Å². The fraction of sp³-hybridized carbons (Fsp3) is 0.455. The Kier molecular flexibility index (Phi) is 7.04. The first-order valence-corrected chi connectivity index (χ1v) is 11.9. The maximum atomic E-state index is 13.4. The number of nitrogens with zero attached hydrogens (tertiary/aromatic N) is 3. The van der Waals surface area contributed by atoms with Gasteiger partial charge in [0.1, 0.15) is 6.54 Å². The van der Waals surface area contributed by atoms with Gasteiger partial charge in [-0.25, -0.2) is 8.42 Å². The topological polar surface area (TPSA) is 81.5 Å². The summed E-state index contributed by atoms with van der Waals surface area (Å²) in [4.78, 5) is 11.4. The normalized spacial score (nSPS) is 16.5. The van der Waals surface area contributed by atoms with E-state index in [1.807, 2.05) is 0 Å². The number of allylic oxidation sites excluding steroid dienone is 1. The highest BCUT2D eigenvalue weighted by Gasteiger charge is 2.37. The molecule has 0 saturated heterocycles. The molecule has 0 N–H and O–H groups in total. The van der Waals surface area contributed by atoms with Crippen molar-refractivity contribution in [2.45, 2.75) is 56.8 Å². The quantitative estimate of drug-likeness (QED) is 0.549. The number of hydrogen-bond acceptors (Lipinski definition) is 5. The molecular weight excluding hydrogens is 459 g/mol. The van der Waals surface area contributed by atoms with Crippen LogP contribution >= 0.6 is 0 Å². The smallest absolute Gasteiger partial charge is 0.416 e. The van der Waals surface area contributed by atoms with E-state index < -0.39 is 38.7 Å². The molecule has 0 bridgehead atoms. The Balaban J connectivity index is 1.99. The molecular formula is C22H26F3N3O4S. The number of esters is 1. The lowest BCUT2D eigenvalue weighted by molar-refractivity contribution is -0.144. The molecule has 0 aliphatic heterocycles. The van der Waals surface area contributed by atoms with Gasteiger partial charge >= 0.3 is 12.1 Å². The van der Waals surface area contributed by atoms with Crippen LogP contribution in [0.2, 0.25) is 0 Å².